The van der Waals surface area contributed by atoms with E-state index in [1.807, 2.05) is 6.92 Å². The van der Waals surface area contributed by atoms with Crippen molar-refractivity contribution < 1.29 is 13.9 Å². The summed E-state index contributed by atoms with van der Waals surface area (Å²) in [5, 5.41) is 0. The van der Waals surface area contributed by atoms with Crippen LogP contribution in [0, 0.1) is 5.82 Å². The number of hydrogen-bond donors (Lipinski definition) is 0. The van der Waals surface area contributed by atoms with E-state index in [9.17, 15) is 9.18 Å². The first kappa shape index (κ1) is 13.3. The Morgan fingerprint density at radius 3 is 2.81 bits per heavy atom. The molecule has 16 heavy (non-hydrogen) atoms. The smallest absolute Gasteiger partial charge is 0.165 e. The first-order valence-corrected chi connectivity index (χ1v) is 5.87. The average Bonchev–Trinajstić information content (AvgIpc) is 2.26. The van der Waals surface area contributed by atoms with Crippen molar-refractivity contribution in [3.63, 3.8) is 0 Å². The third-order valence-corrected chi connectivity index (χ3v) is 3.30. The van der Waals surface area contributed by atoms with Crippen LogP contribution in [0.25, 0.3) is 0 Å². The van der Waals surface area contributed by atoms with Gasteiger partial charge in [0, 0.05) is 13.5 Å². The average molecular weight is 289 g/mol. The van der Waals surface area contributed by atoms with Gasteiger partial charge in [0.1, 0.15) is 11.9 Å². The SMILES string of the molecule is CCC(OC)C(=O)Cc1cccc(F)c1Br. The number of ether oxygens (including phenoxy) is 1. The van der Waals surface area contributed by atoms with E-state index in [0.717, 1.165) is 0 Å². The van der Waals surface area contributed by atoms with Crippen LogP contribution in [-0.4, -0.2) is 19.0 Å². The van der Waals surface area contributed by atoms with E-state index in [4.69, 9.17) is 4.74 Å². The lowest BCUT2D eigenvalue weighted by molar-refractivity contribution is -0.128. The van der Waals surface area contributed by atoms with E-state index in [-0.39, 0.29) is 18.0 Å². The number of carbonyl (C=O) groups excluding carboxylic acids is 1. The number of carbonyl (C=O) groups is 1. The molecule has 0 aliphatic carbocycles. The maximum Gasteiger partial charge on any atom is 0.165 e. The molecule has 0 aliphatic heterocycles. The predicted octanol–water partition coefficient (Wildman–Crippen LogP) is 3.12. The number of halogens is 2. The van der Waals surface area contributed by atoms with Crippen LogP contribution in [0.4, 0.5) is 4.39 Å². The Morgan fingerprint density at radius 2 is 2.25 bits per heavy atom. The van der Waals surface area contributed by atoms with Crippen LogP contribution in [0.15, 0.2) is 22.7 Å². The fourth-order valence-electron chi connectivity index (χ4n) is 1.51. The van der Waals surface area contributed by atoms with Crippen molar-refractivity contribution in [2.24, 2.45) is 0 Å². The molecule has 0 aromatic heterocycles. The summed E-state index contributed by atoms with van der Waals surface area (Å²) in [6.45, 7) is 1.88. The van der Waals surface area contributed by atoms with Crippen molar-refractivity contribution in [1.82, 2.24) is 0 Å². The fourth-order valence-corrected chi connectivity index (χ4v) is 1.92. The van der Waals surface area contributed by atoms with Gasteiger partial charge in [0.15, 0.2) is 5.78 Å². The van der Waals surface area contributed by atoms with E-state index in [0.29, 0.717) is 16.5 Å². The summed E-state index contributed by atoms with van der Waals surface area (Å²) in [6, 6.07) is 4.68. The molecule has 0 aliphatic rings. The van der Waals surface area contributed by atoms with E-state index in [1.165, 1.54) is 13.2 Å². The Kier molecular flexibility index (Phi) is 5.09. The van der Waals surface area contributed by atoms with Crippen molar-refractivity contribution >= 4 is 21.7 Å². The minimum Gasteiger partial charge on any atom is -0.374 e. The van der Waals surface area contributed by atoms with Crippen LogP contribution in [0.1, 0.15) is 18.9 Å². The molecule has 88 valence electrons. The van der Waals surface area contributed by atoms with Gasteiger partial charge in [-0.15, -0.1) is 0 Å². The number of ketones is 1. The lowest BCUT2D eigenvalue weighted by atomic mass is 10.0. The molecule has 0 saturated carbocycles. The van der Waals surface area contributed by atoms with Gasteiger partial charge in [-0.3, -0.25) is 4.79 Å². The van der Waals surface area contributed by atoms with Crippen molar-refractivity contribution in [3.05, 3.63) is 34.1 Å². The van der Waals surface area contributed by atoms with E-state index < -0.39 is 6.10 Å². The zero-order valence-electron chi connectivity index (χ0n) is 9.30. The lowest BCUT2D eigenvalue weighted by Crippen LogP contribution is -2.24. The van der Waals surface area contributed by atoms with E-state index >= 15 is 0 Å². The molecule has 1 rings (SSSR count). The van der Waals surface area contributed by atoms with Gasteiger partial charge in [0.2, 0.25) is 0 Å². The second-order valence-corrected chi connectivity index (χ2v) is 4.28. The highest BCUT2D eigenvalue weighted by atomic mass is 79.9. The summed E-state index contributed by atoms with van der Waals surface area (Å²) in [5.74, 6) is -0.382. The highest BCUT2D eigenvalue weighted by Crippen LogP contribution is 2.21. The maximum absolute atomic E-state index is 13.2. The number of benzene rings is 1. The third-order valence-electron chi connectivity index (χ3n) is 2.41. The Hall–Kier alpha value is -0.740. The van der Waals surface area contributed by atoms with Gasteiger partial charge in [-0.2, -0.15) is 0 Å². The molecule has 1 atom stereocenters. The number of Topliss-reactive ketones (excluding diaryl/α,β-unsaturated/α-hetero) is 1. The normalized spacial score (nSPS) is 12.5. The van der Waals surface area contributed by atoms with Crippen molar-refractivity contribution in [1.29, 1.82) is 0 Å². The molecule has 0 amide bonds. The Bertz CT molecular complexity index is 375. The molecule has 2 nitrogen and oxygen atoms in total. The van der Waals surface area contributed by atoms with Gasteiger partial charge in [-0.25, -0.2) is 4.39 Å². The maximum atomic E-state index is 13.2. The zero-order valence-corrected chi connectivity index (χ0v) is 10.9. The second-order valence-electron chi connectivity index (χ2n) is 3.49. The summed E-state index contributed by atoms with van der Waals surface area (Å²) in [7, 11) is 1.51. The summed E-state index contributed by atoms with van der Waals surface area (Å²) in [6.07, 6.45) is 0.405. The topological polar surface area (TPSA) is 26.3 Å². The van der Waals surface area contributed by atoms with Gasteiger partial charge in [0.25, 0.3) is 0 Å². The first-order valence-electron chi connectivity index (χ1n) is 5.08. The van der Waals surface area contributed by atoms with Crippen LogP contribution in [0.5, 0.6) is 0 Å². The van der Waals surface area contributed by atoms with Gasteiger partial charge in [-0.05, 0) is 34.0 Å². The summed E-state index contributed by atoms with van der Waals surface area (Å²) >= 11 is 3.13. The molecule has 1 aromatic rings. The Morgan fingerprint density at radius 1 is 1.56 bits per heavy atom. The summed E-state index contributed by atoms with van der Waals surface area (Å²) < 4.78 is 18.6. The highest BCUT2D eigenvalue weighted by Gasteiger charge is 2.17. The van der Waals surface area contributed by atoms with Crippen LogP contribution in [0.2, 0.25) is 0 Å². The quantitative estimate of drug-likeness (QED) is 0.832. The Balaban J connectivity index is 2.80. The molecule has 1 aromatic carbocycles. The fraction of sp³-hybridized carbons (Fsp3) is 0.417. The molecule has 0 spiro atoms. The molecule has 0 bridgehead atoms. The molecular weight excluding hydrogens is 275 g/mol. The van der Waals surface area contributed by atoms with E-state index in [1.54, 1.807) is 12.1 Å². The molecule has 0 fully saturated rings. The van der Waals surface area contributed by atoms with Gasteiger partial charge >= 0.3 is 0 Å². The van der Waals surface area contributed by atoms with Crippen LogP contribution < -0.4 is 0 Å². The number of hydrogen-bond acceptors (Lipinski definition) is 2. The zero-order chi connectivity index (χ0) is 12.1. The number of methoxy groups -OCH3 is 1. The molecule has 0 radical (unpaired) electrons. The molecule has 0 N–H and O–H groups in total. The first-order chi connectivity index (χ1) is 7.60. The minimum absolute atomic E-state index is 0.0312. The summed E-state index contributed by atoms with van der Waals surface area (Å²) in [5.41, 5.74) is 0.653. The second kappa shape index (κ2) is 6.11. The monoisotopic (exact) mass is 288 g/mol. The van der Waals surface area contributed by atoms with Gasteiger partial charge in [-0.1, -0.05) is 19.1 Å². The minimum atomic E-state index is -0.407. The van der Waals surface area contributed by atoms with Gasteiger partial charge in [0.05, 0.1) is 4.47 Å². The standard InChI is InChI=1S/C12H14BrFO2/c1-3-11(16-2)10(15)7-8-5-4-6-9(14)12(8)13/h4-6,11H,3,7H2,1-2H3. The van der Waals surface area contributed by atoms with Crippen LogP contribution in [0.3, 0.4) is 0 Å². The Labute approximate surface area is 103 Å². The predicted molar refractivity (Wildman–Crippen MR) is 63.9 cm³/mol. The third kappa shape index (κ3) is 3.12. The largest absolute Gasteiger partial charge is 0.374 e. The van der Waals surface area contributed by atoms with Crippen molar-refractivity contribution in [2.45, 2.75) is 25.9 Å². The molecule has 1 unspecified atom stereocenters. The van der Waals surface area contributed by atoms with E-state index in [2.05, 4.69) is 15.9 Å². The molecular formula is C12H14BrFO2. The van der Waals surface area contributed by atoms with Crippen LogP contribution >= 0.6 is 15.9 Å². The number of rotatable bonds is 5. The van der Waals surface area contributed by atoms with Crippen LogP contribution in [-0.2, 0) is 16.0 Å². The van der Waals surface area contributed by atoms with Crippen molar-refractivity contribution in [3.8, 4) is 0 Å². The highest BCUT2D eigenvalue weighted by molar-refractivity contribution is 9.10. The van der Waals surface area contributed by atoms with Crippen molar-refractivity contribution in [2.75, 3.05) is 7.11 Å². The lowest BCUT2D eigenvalue weighted by Gasteiger charge is -2.12. The summed E-state index contributed by atoms with van der Waals surface area (Å²) in [4.78, 5) is 11.8. The van der Waals surface area contributed by atoms with Gasteiger partial charge < -0.3 is 4.74 Å². The molecule has 0 heterocycles. The molecule has 4 heteroatoms. The molecule has 0 saturated heterocycles.